The minimum atomic E-state index is -3.54. The first-order valence-electron chi connectivity index (χ1n) is 7.37. The molecule has 3 aromatic rings. The maximum absolute atomic E-state index is 12.5. The van der Waals surface area contributed by atoms with E-state index in [1.54, 1.807) is 12.4 Å². The van der Waals surface area contributed by atoms with Crippen molar-refractivity contribution in [1.82, 2.24) is 14.3 Å². The van der Waals surface area contributed by atoms with Crippen LogP contribution in [0.3, 0.4) is 0 Å². The average Bonchev–Trinajstić information content (AvgIpc) is 3.26. The summed E-state index contributed by atoms with van der Waals surface area (Å²) in [6.45, 7) is 2.07. The van der Waals surface area contributed by atoms with Crippen molar-refractivity contribution < 1.29 is 12.8 Å². The quantitative estimate of drug-likeness (QED) is 0.789. The highest BCUT2D eigenvalue weighted by Crippen LogP contribution is 2.26. The normalized spacial score (nSPS) is 17.0. The van der Waals surface area contributed by atoms with Gasteiger partial charge >= 0.3 is 0 Å². The summed E-state index contributed by atoms with van der Waals surface area (Å²) >= 11 is 0. The van der Waals surface area contributed by atoms with Gasteiger partial charge in [0, 0.05) is 26.2 Å². The van der Waals surface area contributed by atoms with Gasteiger partial charge in [0.2, 0.25) is 5.09 Å². The van der Waals surface area contributed by atoms with Gasteiger partial charge in [0.25, 0.3) is 10.0 Å². The average molecular weight is 332 g/mol. The number of benzene rings is 1. The maximum Gasteiger partial charge on any atom is 0.276 e. The van der Waals surface area contributed by atoms with Gasteiger partial charge in [-0.15, -0.1) is 0 Å². The first-order valence-corrected chi connectivity index (χ1v) is 8.81. The lowest BCUT2D eigenvalue weighted by Gasteiger charge is -2.34. The minimum Gasteiger partial charge on any atom is -0.452 e. The second-order valence-electron chi connectivity index (χ2n) is 5.40. The summed E-state index contributed by atoms with van der Waals surface area (Å²) in [7, 11) is -3.54. The summed E-state index contributed by atoms with van der Waals surface area (Å²) in [5.41, 5.74) is 2.92. The predicted octanol–water partition coefficient (Wildman–Crippen LogP) is 1.67. The number of fused-ring (bicyclic) bond motifs is 1. The van der Waals surface area contributed by atoms with Gasteiger partial charge in [-0.3, -0.25) is 0 Å². The molecule has 1 aliphatic heterocycles. The number of furan rings is 1. The lowest BCUT2D eigenvalue weighted by molar-refractivity contribution is 0.362. The molecule has 120 valence electrons. The second-order valence-corrected chi connectivity index (χ2v) is 7.27. The van der Waals surface area contributed by atoms with Crippen LogP contribution in [0.1, 0.15) is 0 Å². The largest absolute Gasteiger partial charge is 0.452 e. The van der Waals surface area contributed by atoms with Crippen LogP contribution in [0.15, 0.2) is 52.4 Å². The summed E-state index contributed by atoms with van der Waals surface area (Å²) < 4.78 is 31.4. The van der Waals surface area contributed by atoms with Crippen LogP contribution >= 0.6 is 0 Å². The highest BCUT2D eigenvalue weighted by molar-refractivity contribution is 7.89. The van der Waals surface area contributed by atoms with Crippen molar-refractivity contribution >= 4 is 26.7 Å². The molecular formula is C15H16N4O3S. The van der Waals surface area contributed by atoms with Gasteiger partial charge in [-0.2, -0.15) is 4.31 Å². The maximum atomic E-state index is 12.5. The number of imidazole rings is 1. The number of aromatic amines is 1. The first-order chi connectivity index (χ1) is 11.2. The highest BCUT2D eigenvalue weighted by atomic mass is 32.2. The summed E-state index contributed by atoms with van der Waals surface area (Å²) in [6.07, 6.45) is 3.05. The SMILES string of the molecule is O=S(=O)(c1ccco1)N1CCN(c2cccc3[nH]cnc23)CC1. The van der Waals surface area contributed by atoms with Crippen molar-refractivity contribution in [3.8, 4) is 0 Å². The molecule has 7 nitrogen and oxygen atoms in total. The Kier molecular flexibility index (Phi) is 3.35. The number of hydrogen-bond donors (Lipinski definition) is 1. The molecule has 0 bridgehead atoms. The fourth-order valence-corrected chi connectivity index (χ4v) is 4.24. The van der Waals surface area contributed by atoms with E-state index >= 15 is 0 Å². The smallest absolute Gasteiger partial charge is 0.276 e. The Balaban J connectivity index is 1.55. The number of sulfonamides is 1. The molecule has 0 unspecified atom stereocenters. The van der Waals surface area contributed by atoms with Crippen LogP contribution < -0.4 is 4.90 Å². The second kappa shape index (κ2) is 5.39. The monoisotopic (exact) mass is 332 g/mol. The van der Waals surface area contributed by atoms with E-state index in [-0.39, 0.29) is 5.09 Å². The molecule has 0 atom stereocenters. The van der Waals surface area contributed by atoms with Crippen LogP contribution in [-0.2, 0) is 10.0 Å². The molecule has 0 amide bonds. The molecule has 4 rings (SSSR count). The topological polar surface area (TPSA) is 82.4 Å². The molecule has 1 aliphatic rings. The van der Waals surface area contributed by atoms with Crippen LogP contribution in [0, 0.1) is 0 Å². The number of piperazine rings is 1. The molecule has 0 aliphatic carbocycles. The van der Waals surface area contributed by atoms with E-state index in [4.69, 9.17) is 4.42 Å². The number of hydrogen-bond acceptors (Lipinski definition) is 5. The van der Waals surface area contributed by atoms with Gasteiger partial charge in [-0.1, -0.05) is 6.07 Å². The van der Waals surface area contributed by atoms with E-state index in [0.717, 1.165) is 16.7 Å². The molecule has 1 N–H and O–H groups in total. The van der Waals surface area contributed by atoms with Gasteiger partial charge in [0.15, 0.2) is 0 Å². The van der Waals surface area contributed by atoms with E-state index in [0.29, 0.717) is 26.2 Å². The van der Waals surface area contributed by atoms with Gasteiger partial charge in [0.05, 0.1) is 23.8 Å². The molecule has 0 radical (unpaired) electrons. The molecule has 0 spiro atoms. The predicted molar refractivity (Wildman–Crippen MR) is 85.8 cm³/mol. The zero-order chi connectivity index (χ0) is 15.9. The third-order valence-corrected chi connectivity index (χ3v) is 5.88. The molecule has 0 saturated carbocycles. The van der Waals surface area contributed by atoms with Crippen LogP contribution in [0.4, 0.5) is 5.69 Å². The van der Waals surface area contributed by atoms with Crippen molar-refractivity contribution in [1.29, 1.82) is 0 Å². The molecule has 1 aromatic carbocycles. The van der Waals surface area contributed by atoms with Crippen molar-refractivity contribution in [2.75, 3.05) is 31.1 Å². The number of anilines is 1. The Hall–Kier alpha value is -2.32. The molecule has 1 saturated heterocycles. The van der Waals surface area contributed by atoms with Gasteiger partial charge in [0.1, 0.15) is 5.52 Å². The number of nitrogens with one attached hydrogen (secondary N) is 1. The summed E-state index contributed by atoms with van der Waals surface area (Å²) in [4.78, 5) is 9.62. The molecule has 2 aromatic heterocycles. The summed E-state index contributed by atoms with van der Waals surface area (Å²) in [5, 5.41) is 0.000327. The number of aromatic nitrogens is 2. The lowest BCUT2D eigenvalue weighted by atomic mass is 10.2. The molecule has 3 heterocycles. The lowest BCUT2D eigenvalue weighted by Crippen LogP contribution is -2.48. The zero-order valence-corrected chi connectivity index (χ0v) is 13.2. The van der Waals surface area contributed by atoms with Crippen molar-refractivity contribution in [3.05, 3.63) is 42.9 Å². The number of rotatable bonds is 3. The van der Waals surface area contributed by atoms with Crippen LogP contribution in [0.25, 0.3) is 11.0 Å². The standard InChI is InChI=1S/C15H16N4O3S/c20-23(21,14-5-2-10-22-14)19-8-6-18(7-9-19)13-4-1-3-12-15(13)17-11-16-12/h1-5,10-11H,6-9H2,(H,16,17). The fourth-order valence-electron chi connectivity index (χ4n) is 2.91. The third-order valence-electron chi connectivity index (χ3n) is 4.10. The van der Waals surface area contributed by atoms with E-state index in [2.05, 4.69) is 14.9 Å². The number of nitrogens with zero attached hydrogens (tertiary/aromatic N) is 3. The van der Waals surface area contributed by atoms with E-state index < -0.39 is 10.0 Å². The Bertz CT molecular complexity index is 909. The van der Waals surface area contributed by atoms with E-state index in [9.17, 15) is 8.42 Å². The van der Waals surface area contributed by atoms with Gasteiger partial charge < -0.3 is 14.3 Å². The van der Waals surface area contributed by atoms with Crippen molar-refractivity contribution in [2.24, 2.45) is 0 Å². The fraction of sp³-hybridized carbons (Fsp3) is 0.267. The summed E-state index contributed by atoms with van der Waals surface area (Å²) in [5.74, 6) is 0. The van der Waals surface area contributed by atoms with Gasteiger partial charge in [-0.05, 0) is 24.3 Å². The van der Waals surface area contributed by atoms with E-state index in [1.807, 2.05) is 18.2 Å². The molecule has 23 heavy (non-hydrogen) atoms. The van der Waals surface area contributed by atoms with Crippen molar-refractivity contribution in [3.63, 3.8) is 0 Å². The Labute approximate surface area is 133 Å². The Morgan fingerprint density at radius 3 is 2.65 bits per heavy atom. The highest BCUT2D eigenvalue weighted by Gasteiger charge is 2.30. The van der Waals surface area contributed by atoms with E-state index in [1.165, 1.54) is 16.6 Å². The zero-order valence-electron chi connectivity index (χ0n) is 12.3. The number of H-pyrrole nitrogens is 1. The number of para-hydroxylation sites is 1. The van der Waals surface area contributed by atoms with Crippen LogP contribution in [-0.4, -0.2) is 48.9 Å². The summed E-state index contributed by atoms with van der Waals surface area (Å²) in [6, 6.07) is 9.03. The van der Waals surface area contributed by atoms with Crippen LogP contribution in [0.5, 0.6) is 0 Å². The van der Waals surface area contributed by atoms with Crippen molar-refractivity contribution in [2.45, 2.75) is 5.09 Å². The van der Waals surface area contributed by atoms with Gasteiger partial charge in [-0.25, -0.2) is 13.4 Å². The third kappa shape index (κ3) is 2.40. The Morgan fingerprint density at radius 2 is 1.91 bits per heavy atom. The first kappa shape index (κ1) is 14.3. The molecule has 1 fully saturated rings. The molecular weight excluding hydrogens is 316 g/mol. The molecule has 8 heteroatoms. The minimum absolute atomic E-state index is 0.000327. The Morgan fingerprint density at radius 1 is 1.09 bits per heavy atom. The van der Waals surface area contributed by atoms with Crippen LogP contribution in [0.2, 0.25) is 0 Å².